The van der Waals surface area contributed by atoms with Crippen molar-refractivity contribution in [2.45, 2.75) is 13.5 Å². The highest BCUT2D eigenvalue weighted by molar-refractivity contribution is 7.21. The normalized spacial score (nSPS) is 11.1. The molecule has 0 atom stereocenters. The summed E-state index contributed by atoms with van der Waals surface area (Å²) in [5.74, 6) is 1.61. The Morgan fingerprint density at radius 2 is 2.12 bits per heavy atom. The lowest BCUT2D eigenvalue weighted by molar-refractivity contribution is 0.761. The van der Waals surface area contributed by atoms with Crippen LogP contribution in [0.4, 0.5) is 10.9 Å². The second-order valence-corrected chi connectivity index (χ2v) is 6.62. The predicted octanol–water partition coefficient (Wildman–Crippen LogP) is 4.04. The lowest BCUT2D eigenvalue weighted by atomic mass is 10.2. The smallest absolute Gasteiger partial charge is 0.190 e. The maximum atomic E-state index is 6.17. The highest BCUT2D eigenvalue weighted by atomic mass is 35.5. The van der Waals surface area contributed by atoms with Crippen molar-refractivity contribution in [2.75, 3.05) is 5.32 Å². The van der Waals surface area contributed by atoms with Crippen molar-refractivity contribution in [3.05, 3.63) is 59.4 Å². The topological polar surface area (TPSA) is 68.5 Å². The Bertz CT molecular complexity index is 976. The Morgan fingerprint density at radius 3 is 2.92 bits per heavy atom. The number of imidazole rings is 1. The van der Waals surface area contributed by atoms with E-state index in [4.69, 9.17) is 11.6 Å². The van der Waals surface area contributed by atoms with Crippen molar-refractivity contribution < 1.29 is 0 Å². The van der Waals surface area contributed by atoms with Gasteiger partial charge in [0.15, 0.2) is 5.13 Å². The number of nitrogens with one attached hydrogen (secondary N) is 1. The highest BCUT2D eigenvalue weighted by Gasteiger charge is 2.08. The molecule has 0 aromatic carbocycles. The first kappa shape index (κ1) is 15.0. The number of pyridine rings is 2. The molecule has 4 aromatic heterocycles. The lowest BCUT2D eigenvalue weighted by Gasteiger charge is -2.08. The fourth-order valence-corrected chi connectivity index (χ4v) is 3.45. The molecule has 8 heteroatoms. The van der Waals surface area contributed by atoms with E-state index in [1.54, 1.807) is 12.4 Å². The predicted molar refractivity (Wildman–Crippen MR) is 96.0 cm³/mol. The maximum Gasteiger partial charge on any atom is 0.190 e. The van der Waals surface area contributed by atoms with Crippen molar-refractivity contribution in [1.29, 1.82) is 0 Å². The number of aromatic nitrogens is 5. The fraction of sp³-hybridized carbons (Fsp3) is 0.125. The van der Waals surface area contributed by atoms with Gasteiger partial charge in [-0.2, -0.15) is 0 Å². The van der Waals surface area contributed by atoms with Crippen LogP contribution < -0.4 is 5.32 Å². The van der Waals surface area contributed by atoms with Crippen LogP contribution in [0.1, 0.15) is 11.4 Å². The maximum absolute atomic E-state index is 6.17. The Kier molecular flexibility index (Phi) is 3.87. The molecule has 0 unspecified atom stereocenters. The molecular weight excluding hydrogens is 344 g/mol. The van der Waals surface area contributed by atoms with Crippen LogP contribution in [0.25, 0.3) is 10.3 Å². The fourth-order valence-electron chi connectivity index (χ4n) is 2.41. The summed E-state index contributed by atoms with van der Waals surface area (Å²) in [5, 5.41) is 4.39. The van der Waals surface area contributed by atoms with Crippen LogP contribution in [0.2, 0.25) is 5.15 Å². The van der Waals surface area contributed by atoms with Crippen molar-refractivity contribution in [3.63, 3.8) is 0 Å². The van der Waals surface area contributed by atoms with Gasteiger partial charge in [-0.15, -0.1) is 0 Å². The van der Waals surface area contributed by atoms with Crippen LogP contribution in [0, 0.1) is 6.92 Å². The first-order valence-corrected chi connectivity index (χ1v) is 8.49. The van der Waals surface area contributed by atoms with E-state index in [2.05, 4.69) is 29.8 Å². The van der Waals surface area contributed by atoms with Crippen molar-refractivity contribution in [1.82, 2.24) is 24.5 Å². The summed E-state index contributed by atoms with van der Waals surface area (Å²) in [6.45, 7) is 2.65. The van der Waals surface area contributed by atoms with Gasteiger partial charge in [0, 0.05) is 25.1 Å². The molecule has 0 saturated carbocycles. The minimum absolute atomic E-state index is 0.437. The molecule has 0 aliphatic heterocycles. The van der Waals surface area contributed by atoms with Gasteiger partial charge < -0.3 is 9.88 Å². The van der Waals surface area contributed by atoms with Crippen LogP contribution >= 0.6 is 22.9 Å². The summed E-state index contributed by atoms with van der Waals surface area (Å²) in [5.41, 5.74) is 1.90. The molecule has 24 heavy (non-hydrogen) atoms. The van der Waals surface area contributed by atoms with Crippen LogP contribution in [-0.2, 0) is 6.54 Å². The van der Waals surface area contributed by atoms with Gasteiger partial charge in [0.05, 0.1) is 0 Å². The number of aryl methyl sites for hydroxylation is 1. The zero-order valence-corrected chi connectivity index (χ0v) is 14.3. The van der Waals surface area contributed by atoms with E-state index in [0.717, 1.165) is 26.9 Å². The van der Waals surface area contributed by atoms with E-state index in [0.29, 0.717) is 17.5 Å². The number of rotatable bonds is 4. The summed E-state index contributed by atoms with van der Waals surface area (Å²) in [4.78, 5) is 18.2. The van der Waals surface area contributed by atoms with Gasteiger partial charge >= 0.3 is 0 Å². The van der Waals surface area contributed by atoms with E-state index >= 15 is 0 Å². The summed E-state index contributed by atoms with van der Waals surface area (Å²) in [7, 11) is 0. The third kappa shape index (κ3) is 3.08. The van der Waals surface area contributed by atoms with Gasteiger partial charge in [-0.1, -0.05) is 22.9 Å². The van der Waals surface area contributed by atoms with Gasteiger partial charge in [-0.3, -0.25) is 0 Å². The first-order chi connectivity index (χ1) is 11.7. The summed E-state index contributed by atoms with van der Waals surface area (Å²) >= 11 is 7.65. The van der Waals surface area contributed by atoms with Crippen LogP contribution in [0.3, 0.4) is 0 Å². The number of halogens is 1. The van der Waals surface area contributed by atoms with Crippen molar-refractivity contribution in [2.24, 2.45) is 0 Å². The van der Waals surface area contributed by atoms with E-state index in [-0.39, 0.29) is 0 Å². The van der Waals surface area contributed by atoms with E-state index in [9.17, 15) is 0 Å². The Morgan fingerprint density at radius 1 is 1.21 bits per heavy atom. The number of anilines is 2. The third-order valence-corrected chi connectivity index (χ3v) is 4.62. The van der Waals surface area contributed by atoms with Gasteiger partial charge in [-0.05, 0) is 36.8 Å². The molecule has 6 nitrogen and oxygen atoms in total. The molecule has 120 valence electrons. The molecule has 0 spiro atoms. The second-order valence-electron chi connectivity index (χ2n) is 5.26. The molecule has 4 aromatic rings. The molecule has 0 saturated heterocycles. The van der Waals surface area contributed by atoms with Crippen LogP contribution in [-0.4, -0.2) is 24.5 Å². The molecule has 4 heterocycles. The third-order valence-electron chi connectivity index (χ3n) is 3.53. The number of nitrogens with zero attached hydrogens (tertiary/aromatic N) is 5. The van der Waals surface area contributed by atoms with Crippen LogP contribution in [0.15, 0.2) is 42.9 Å². The van der Waals surface area contributed by atoms with Crippen molar-refractivity contribution in [3.8, 4) is 0 Å². The largest absolute Gasteiger partial charge is 0.331 e. The Hall–Kier alpha value is -2.51. The quantitative estimate of drug-likeness (QED) is 0.559. The summed E-state index contributed by atoms with van der Waals surface area (Å²) in [6, 6.07) is 7.62. The SMILES string of the molecule is Cc1nccn1Cc1cc(Cl)nc(Nc2nc3cccnc3s2)c1. The molecular formula is C16H13ClN6S. The van der Waals surface area contributed by atoms with Crippen LogP contribution in [0.5, 0.6) is 0 Å². The number of hydrogen-bond acceptors (Lipinski definition) is 6. The Balaban J connectivity index is 1.62. The van der Waals surface area contributed by atoms with Gasteiger partial charge in [-0.25, -0.2) is 19.9 Å². The standard InChI is InChI=1S/C16H13ClN6S/c1-10-18-5-6-23(10)9-11-7-13(17)21-14(8-11)22-16-20-12-3-2-4-19-15(12)24-16/h2-8H,9H2,1H3,(H,20,21,22). The van der Waals surface area contributed by atoms with E-state index in [1.165, 1.54) is 11.3 Å². The van der Waals surface area contributed by atoms with E-state index in [1.807, 2.05) is 37.4 Å². The average molecular weight is 357 g/mol. The minimum Gasteiger partial charge on any atom is -0.331 e. The Labute approximate surface area is 147 Å². The van der Waals surface area contributed by atoms with E-state index < -0.39 is 0 Å². The summed E-state index contributed by atoms with van der Waals surface area (Å²) < 4.78 is 2.05. The van der Waals surface area contributed by atoms with Gasteiger partial charge in [0.1, 0.15) is 27.1 Å². The second kappa shape index (κ2) is 6.18. The molecule has 0 aliphatic carbocycles. The average Bonchev–Trinajstić information content (AvgIpc) is 3.12. The molecule has 0 radical (unpaired) electrons. The van der Waals surface area contributed by atoms with Gasteiger partial charge in [0.25, 0.3) is 0 Å². The molecule has 1 N–H and O–H groups in total. The minimum atomic E-state index is 0.437. The molecule has 0 amide bonds. The van der Waals surface area contributed by atoms with Crippen molar-refractivity contribution >= 4 is 44.2 Å². The summed E-state index contributed by atoms with van der Waals surface area (Å²) in [6.07, 6.45) is 5.48. The molecule has 0 aliphatic rings. The number of fused-ring (bicyclic) bond motifs is 1. The molecule has 0 fully saturated rings. The monoisotopic (exact) mass is 356 g/mol. The first-order valence-electron chi connectivity index (χ1n) is 7.30. The molecule has 0 bridgehead atoms. The number of thiazole rings is 1. The zero-order valence-electron chi connectivity index (χ0n) is 12.8. The van der Waals surface area contributed by atoms with Gasteiger partial charge in [0.2, 0.25) is 0 Å². The number of hydrogen-bond donors (Lipinski definition) is 1. The lowest BCUT2D eigenvalue weighted by Crippen LogP contribution is -2.02. The highest BCUT2D eigenvalue weighted by Crippen LogP contribution is 2.27. The zero-order chi connectivity index (χ0) is 16.5. The molecule has 4 rings (SSSR count).